The van der Waals surface area contributed by atoms with Crippen LogP contribution in [0.2, 0.25) is 0 Å². The number of hydrogen-bond acceptors (Lipinski definition) is 3. The van der Waals surface area contributed by atoms with Crippen LogP contribution in [0.1, 0.15) is 87.5 Å². The van der Waals surface area contributed by atoms with Crippen molar-refractivity contribution in [3.05, 3.63) is 0 Å². The molecule has 3 heteroatoms. The third kappa shape index (κ3) is 13.2. The van der Waals surface area contributed by atoms with Crippen LogP contribution in [0, 0.1) is 16.7 Å². The Hall–Kier alpha value is -0.120. The lowest BCUT2D eigenvalue weighted by molar-refractivity contribution is -0.0272. The molecule has 0 bridgehead atoms. The lowest BCUT2D eigenvalue weighted by Gasteiger charge is -2.34. The van der Waals surface area contributed by atoms with Crippen molar-refractivity contribution in [2.45, 2.75) is 93.1 Å². The minimum absolute atomic E-state index is 0.0215. The Labute approximate surface area is 152 Å². The van der Waals surface area contributed by atoms with Gasteiger partial charge in [-0.3, -0.25) is 0 Å². The highest BCUT2D eigenvalue weighted by Gasteiger charge is 2.27. The topological polar surface area (TPSA) is 47.3 Å². The maximum atomic E-state index is 6.02. The van der Waals surface area contributed by atoms with Gasteiger partial charge in [0.2, 0.25) is 0 Å². The minimum Gasteiger partial charge on any atom is -0.376 e. The van der Waals surface area contributed by atoms with E-state index in [0.29, 0.717) is 11.3 Å². The van der Waals surface area contributed by atoms with E-state index in [0.717, 1.165) is 39.1 Å². The molecule has 24 heavy (non-hydrogen) atoms. The molecule has 3 nitrogen and oxygen atoms in total. The lowest BCUT2D eigenvalue weighted by Crippen LogP contribution is -2.32. The van der Waals surface area contributed by atoms with Crippen LogP contribution in [0.4, 0.5) is 0 Å². The summed E-state index contributed by atoms with van der Waals surface area (Å²) in [6.07, 6.45) is 5.87. The third-order valence-corrected chi connectivity index (χ3v) is 4.81. The summed E-state index contributed by atoms with van der Waals surface area (Å²) in [5.74, 6) is 0.714. The third-order valence-electron chi connectivity index (χ3n) is 4.81. The number of ether oxygens (including phenoxy) is 1. The van der Waals surface area contributed by atoms with E-state index in [4.69, 9.17) is 10.5 Å². The molecule has 0 spiro atoms. The molecular weight excluding hydrogens is 296 g/mol. The molecule has 0 amide bonds. The predicted molar refractivity (Wildman–Crippen MR) is 107 cm³/mol. The Morgan fingerprint density at radius 3 is 2.08 bits per heavy atom. The molecule has 146 valence electrons. The second-order valence-corrected chi connectivity index (χ2v) is 10.1. The van der Waals surface area contributed by atoms with Crippen molar-refractivity contribution in [2.75, 3.05) is 26.2 Å². The van der Waals surface area contributed by atoms with Gasteiger partial charge in [0.25, 0.3) is 0 Å². The van der Waals surface area contributed by atoms with E-state index in [9.17, 15) is 0 Å². The first kappa shape index (κ1) is 23.9. The molecule has 0 heterocycles. The SMILES string of the molecule is CC(C)CCOC(C)(C)CCNCCCC(C)(C)CC(C)(C)CN. The van der Waals surface area contributed by atoms with Crippen molar-refractivity contribution in [1.29, 1.82) is 0 Å². The molecule has 0 aliphatic rings. The molecular formula is C21H46N2O. The molecule has 0 aliphatic carbocycles. The van der Waals surface area contributed by atoms with Gasteiger partial charge in [-0.1, -0.05) is 41.5 Å². The number of rotatable bonds is 14. The zero-order chi connectivity index (χ0) is 18.9. The number of nitrogens with one attached hydrogen (secondary N) is 1. The summed E-state index contributed by atoms with van der Waals surface area (Å²) in [5, 5.41) is 3.59. The van der Waals surface area contributed by atoms with E-state index in [2.05, 4.69) is 60.7 Å². The number of hydrogen-bond donors (Lipinski definition) is 2. The van der Waals surface area contributed by atoms with Crippen molar-refractivity contribution < 1.29 is 4.74 Å². The summed E-state index contributed by atoms with van der Waals surface area (Å²) >= 11 is 0. The van der Waals surface area contributed by atoms with E-state index in [1.807, 2.05) is 0 Å². The molecule has 0 aromatic carbocycles. The summed E-state index contributed by atoms with van der Waals surface area (Å²) in [7, 11) is 0. The van der Waals surface area contributed by atoms with Gasteiger partial charge in [0.1, 0.15) is 0 Å². The summed E-state index contributed by atoms with van der Waals surface area (Å²) in [6, 6.07) is 0. The summed E-state index contributed by atoms with van der Waals surface area (Å²) in [6.45, 7) is 21.9. The quantitative estimate of drug-likeness (QED) is 0.437. The van der Waals surface area contributed by atoms with Crippen LogP contribution < -0.4 is 11.1 Å². The van der Waals surface area contributed by atoms with Gasteiger partial charge >= 0.3 is 0 Å². The van der Waals surface area contributed by atoms with Gasteiger partial charge in [-0.2, -0.15) is 0 Å². The van der Waals surface area contributed by atoms with Crippen molar-refractivity contribution in [1.82, 2.24) is 5.32 Å². The van der Waals surface area contributed by atoms with Crippen LogP contribution >= 0.6 is 0 Å². The molecule has 0 fully saturated rings. The predicted octanol–water partition coefficient (Wildman–Crippen LogP) is 4.99. The van der Waals surface area contributed by atoms with Crippen LogP contribution in [-0.2, 0) is 4.74 Å². The Morgan fingerprint density at radius 2 is 1.54 bits per heavy atom. The zero-order valence-corrected chi connectivity index (χ0v) is 17.9. The van der Waals surface area contributed by atoms with Crippen molar-refractivity contribution in [3.63, 3.8) is 0 Å². The fraction of sp³-hybridized carbons (Fsp3) is 1.00. The lowest BCUT2D eigenvalue weighted by atomic mass is 9.73. The molecule has 0 aromatic rings. The maximum absolute atomic E-state index is 6.02. The zero-order valence-electron chi connectivity index (χ0n) is 17.9. The molecule has 0 saturated carbocycles. The molecule has 0 rings (SSSR count). The monoisotopic (exact) mass is 342 g/mol. The summed E-state index contributed by atoms with van der Waals surface area (Å²) in [4.78, 5) is 0. The number of nitrogens with two attached hydrogens (primary N) is 1. The fourth-order valence-corrected chi connectivity index (χ4v) is 3.31. The largest absolute Gasteiger partial charge is 0.376 e. The highest BCUT2D eigenvalue weighted by molar-refractivity contribution is 4.80. The van der Waals surface area contributed by atoms with Crippen LogP contribution in [0.15, 0.2) is 0 Å². The molecule has 0 aliphatic heterocycles. The minimum atomic E-state index is -0.0215. The Bertz CT molecular complexity index is 322. The highest BCUT2D eigenvalue weighted by atomic mass is 16.5. The fourth-order valence-electron chi connectivity index (χ4n) is 3.31. The van der Waals surface area contributed by atoms with Gasteiger partial charge in [0.15, 0.2) is 0 Å². The van der Waals surface area contributed by atoms with Crippen molar-refractivity contribution >= 4 is 0 Å². The second kappa shape index (κ2) is 10.8. The standard InChI is InChI=1S/C21H46N2O/c1-18(2)10-15-24-21(7,8)12-14-23-13-9-11-19(3,4)16-20(5,6)17-22/h18,23H,9-17,22H2,1-8H3. The van der Waals surface area contributed by atoms with E-state index in [1.165, 1.54) is 19.3 Å². The second-order valence-electron chi connectivity index (χ2n) is 10.1. The molecule has 0 atom stereocenters. The summed E-state index contributed by atoms with van der Waals surface area (Å²) < 4.78 is 6.02. The Balaban J connectivity index is 3.82. The average Bonchev–Trinajstić information content (AvgIpc) is 2.40. The average molecular weight is 343 g/mol. The Kier molecular flexibility index (Phi) is 10.7. The van der Waals surface area contributed by atoms with Gasteiger partial charge in [-0.15, -0.1) is 0 Å². The molecule has 0 unspecified atom stereocenters. The molecule has 0 radical (unpaired) electrons. The first-order chi connectivity index (χ1) is 10.9. The van der Waals surface area contributed by atoms with Crippen molar-refractivity contribution in [2.24, 2.45) is 22.5 Å². The van der Waals surface area contributed by atoms with E-state index in [1.54, 1.807) is 0 Å². The molecule has 0 saturated heterocycles. The van der Waals surface area contributed by atoms with Gasteiger partial charge in [-0.05, 0) is 82.3 Å². The highest BCUT2D eigenvalue weighted by Crippen LogP contribution is 2.36. The smallest absolute Gasteiger partial charge is 0.0638 e. The maximum Gasteiger partial charge on any atom is 0.0638 e. The first-order valence-electron chi connectivity index (χ1n) is 9.94. The molecule has 0 aromatic heterocycles. The summed E-state index contributed by atoms with van der Waals surface area (Å²) in [5.41, 5.74) is 6.46. The Morgan fingerprint density at radius 1 is 0.917 bits per heavy atom. The van der Waals surface area contributed by atoms with Gasteiger partial charge in [-0.25, -0.2) is 0 Å². The van der Waals surface area contributed by atoms with Crippen LogP contribution in [0.25, 0.3) is 0 Å². The van der Waals surface area contributed by atoms with Crippen LogP contribution in [-0.4, -0.2) is 31.8 Å². The van der Waals surface area contributed by atoms with Gasteiger partial charge < -0.3 is 15.8 Å². The first-order valence-corrected chi connectivity index (χ1v) is 9.94. The van der Waals surface area contributed by atoms with E-state index < -0.39 is 0 Å². The van der Waals surface area contributed by atoms with Gasteiger partial charge in [0.05, 0.1) is 5.60 Å². The van der Waals surface area contributed by atoms with E-state index >= 15 is 0 Å². The van der Waals surface area contributed by atoms with Crippen LogP contribution in [0.3, 0.4) is 0 Å². The van der Waals surface area contributed by atoms with Gasteiger partial charge in [0, 0.05) is 6.61 Å². The van der Waals surface area contributed by atoms with Crippen molar-refractivity contribution in [3.8, 4) is 0 Å². The van der Waals surface area contributed by atoms with Crippen LogP contribution in [0.5, 0.6) is 0 Å². The molecule has 3 N–H and O–H groups in total. The van der Waals surface area contributed by atoms with E-state index in [-0.39, 0.29) is 11.0 Å². The normalized spacial score (nSPS) is 13.8.